The molecule has 1 aliphatic rings. The van der Waals surface area contributed by atoms with Gasteiger partial charge in [-0.25, -0.2) is 21.1 Å². The molecule has 7 heteroatoms. The second kappa shape index (κ2) is 3.79. The standard InChI is InChI=1S/C7H15NO4S2/c1-3-14(11,12)8(2)7-4-5-13(9,10)6-7/h7H,3-6H2,1-2H3. The summed E-state index contributed by atoms with van der Waals surface area (Å²) in [6.07, 6.45) is 0.415. The topological polar surface area (TPSA) is 71.5 Å². The van der Waals surface area contributed by atoms with Gasteiger partial charge in [0.2, 0.25) is 10.0 Å². The molecular weight excluding hydrogens is 226 g/mol. The van der Waals surface area contributed by atoms with Gasteiger partial charge in [-0.05, 0) is 13.3 Å². The molecule has 0 aromatic rings. The quantitative estimate of drug-likeness (QED) is 0.665. The van der Waals surface area contributed by atoms with Gasteiger partial charge >= 0.3 is 0 Å². The lowest BCUT2D eigenvalue weighted by Crippen LogP contribution is -2.38. The van der Waals surface area contributed by atoms with Gasteiger partial charge in [-0.1, -0.05) is 0 Å². The van der Waals surface area contributed by atoms with Gasteiger partial charge in [-0.3, -0.25) is 0 Å². The summed E-state index contributed by atoms with van der Waals surface area (Å²) in [4.78, 5) is 0. The summed E-state index contributed by atoms with van der Waals surface area (Å²) in [6, 6.07) is -0.370. The van der Waals surface area contributed by atoms with Gasteiger partial charge in [0, 0.05) is 13.1 Å². The first-order valence-electron chi connectivity index (χ1n) is 4.44. The average molecular weight is 241 g/mol. The van der Waals surface area contributed by atoms with Crippen LogP contribution in [0.2, 0.25) is 0 Å². The molecule has 1 fully saturated rings. The minimum Gasteiger partial charge on any atom is -0.229 e. The van der Waals surface area contributed by atoms with E-state index in [-0.39, 0.29) is 23.3 Å². The Labute approximate surface area is 85.1 Å². The zero-order valence-corrected chi connectivity index (χ0v) is 9.94. The third-order valence-electron chi connectivity index (χ3n) is 2.53. The number of sulfonamides is 1. The van der Waals surface area contributed by atoms with Gasteiger partial charge in [0.15, 0.2) is 9.84 Å². The first kappa shape index (κ1) is 11.9. The highest BCUT2D eigenvalue weighted by Crippen LogP contribution is 2.18. The smallest absolute Gasteiger partial charge is 0.213 e. The van der Waals surface area contributed by atoms with Crippen LogP contribution in [0.25, 0.3) is 0 Å². The molecule has 0 aromatic heterocycles. The maximum atomic E-state index is 11.4. The van der Waals surface area contributed by atoms with Crippen LogP contribution in [0.4, 0.5) is 0 Å². The molecule has 0 bridgehead atoms. The van der Waals surface area contributed by atoms with Crippen LogP contribution in [0.3, 0.4) is 0 Å². The van der Waals surface area contributed by atoms with E-state index < -0.39 is 19.9 Å². The molecule has 1 rings (SSSR count). The molecule has 14 heavy (non-hydrogen) atoms. The molecule has 1 aliphatic heterocycles. The van der Waals surface area contributed by atoms with Crippen molar-refractivity contribution in [3.63, 3.8) is 0 Å². The molecule has 0 amide bonds. The van der Waals surface area contributed by atoms with Crippen LogP contribution in [-0.4, -0.2) is 51.5 Å². The number of hydrogen-bond donors (Lipinski definition) is 0. The average Bonchev–Trinajstić information content (AvgIpc) is 2.44. The molecule has 1 atom stereocenters. The number of nitrogens with zero attached hydrogens (tertiary/aromatic N) is 1. The van der Waals surface area contributed by atoms with E-state index in [1.807, 2.05) is 0 Å². The van der Waals surface area contributed by atoms with Crippen molar-refractivity contribution in [2.24, 2.45) is 0 Å². The van der Waals surface area contributed by atoms with Gasteiger partial charge in [0.1, 0.15) is 0 Å². The van der Waals surface area contributed by atoms with Gasteiger partial charge in [0.25, 0.3) is 0 Å². The third-order valence-corrected chi connectivity index (χ3v) is 6.18. The summed E-state index contributed by atoms with van der Waals surface area (Å²) in [5.74, 6) is 0.0734. The summed E-state index contributed by atoms with van der Waals surface area (Å²) in [5, 5.41) is 0. The number of sulfone groups is 1. The van der Waals surface area contributed by atoms with Gasteiger partial charge in [-0.2, -0.15) is 0 Å². The number of hydrogen-bond acceptors (Lipinski definition) is 4. The van der Waals surface area contributed by atoms with E-state index in [9.17, 15) is 16.8 Å². The monoisotopic (exact) mass is 241 g/mol. The Bertz CT molecular complexity index is 397. The first-order chi connectivity index (χ1) is 6.28. The SMILES string of the molecule is CCS(=O)(=O)N(C)C1CCS(=O)(=O)C1. The fourth-order valence-electron chi connectivity index (χ4n) is 1.49. The van der Waals surface area contributed by atoms with Crippen molar-refractivity contribution in [1.82, 2.24) is 4.31 Å². The van der Waals surface area contributed by atoms with Crippen LogP contribution in [0, 0.1) is 0 Å². The lowest BCUT2D eigenvalue weighted by molar-refractivity contribution is 0.394. The second-order valence-corrected chi connectivity index (χ2v) is 8.02. The van der Waals surface area contributed by atoms with E-state index in [0.29, 0.717) is 6.42 Å². The molecule has 84 valence electrons. The molecule has 0 aliphatic carbocycles. The Morgan fingerprint density at radius 1 is 1.43 bits per heavy atom. The fourth-order valence-corrected chi connectivity index (χ4v) is 4.40. The van der Waals surface area contributed by atoms with Crippen molar-refractivity contribution in [2.45, 2.75) is 19.4 Å². The van der Waals surface area contributed by atoms with Gasteiger partial charge in [0.05, 0.1) is 17.3 Å². The highest BCUT2D eigenvalue weighted by molar-refractivity contribution is 7.92. The van der Waals surface area contributed by atoms with Crippen molar-refractivity contribution in [2.75, 3.05) is 24.3 Å². The Hall–Kier alpha value is -0.140. The maximum absolute atomic E-state index is 11.4. The summed E-state index contributed by atoms with van der Waals surface area (Å²) in [5.41, 5.74) is 0. The minimum absolute atomic E-state index is 0.0139. The first-order valence-corrected chi connectivity index (χ1v) is 7.87. The summed E-state index contributed by atoms with van der Waals surface area (Å²) in [6.45, 7) is 1.55. The molecule has 0 spiro atoms. The highest BCUT2D eigenvalue weighted by Gasteiger charge is 2.34. The molecular formula is C7H15NO4S2. The van der Waals surface area contributed by atoms with Crippen molar-refractivity contribution in [3.05, 3.63) is 0 Å². The van der Waals surface area contributed by atoms with E-state index in [0.717, 1.165) is 0 Å². The fraction of sp³-hybridized carbons (Fsp3) is 1.00. The van der Waals surface area contributed by atoms with Gasteiger partial charge < -0.3 is 0 Å². The Morgan fingerprint density at radius 3 is 2.36 bits per heavy atom. The Kier molecular flexibility index (Phi) is 3.23. The third kappa shape index (κ3) is 2.46. The Morgan fingerprint density at radius 2 is 2.00 bits per heavy atom. The van der Waals surface area contributed by atoms with Crippen molar-refractivity contribution in [3.8, 4) is 0 Å². The molecule has 1 unspecified atom stereocenters. The van der Waals surface area contributed by atoms with Crippen LogP contribution in [0.15, 0.2) is 0 Å². The molecule has 0 saturated carbocycles. The lowest BCUT2D eigenvalue weighted by atomic mass is 10.3. The lowest BCUT2D eigenvalue weighted by Gasteiger charge is -2.21. The molecule has 1 saturated heterocycles. The maximum Gasteiger partial charge on any atom is 0.213 e. The molecule has 5 nitrogen and oxygen atoms in total. The van der Waals surface area contributed by atoms with Crippen molar-refractivity contribution >= 4 is 19.9 Å². The highest BCUT2D eigenvalue weighted by atomic mass is 32.2. The van der Waals surface area contributed by atoms with Gasteiger partial charge in [-0.15, -0.1) is 0 Å². The van der Waals surface area contributed by atoms with E-state index >= 15 is 0 Å². The van der Waals surface area contributed by atoms with Crippen LogP contribution < -0.4 is 0 Å². The number of rotatable bonds is 3. The van der Waals surface area contributed by atoms with Crippen molar-refractivity contribution < 1.29 is 16.8 Å². The summed E-state index contributed by atoms with van der Waals surface area (Å²) in [7, 11) is -4.83. The van der Waals surface area contributed by atoms with Crippen LogP contribution in [-0.2, 0) is 19.9 Å². The van der Waals surface area contributed by atoms with E-state index in [1.165, 1.54) is 11.4 Å². The van der Waals surface area contributed by atoms with Crippen LogP contribution in [0.5, 0.6) is 0 Å². The Balaban J connectivity index is 2.79. The zero-order valence-electron chi connectivity index (χ0n) is 8.30. The predicted molar refractivity (Wildman–Crippen MR) is 54.3 cm³/mol. The largest absolute Gasteiger partial charge is 0.229 e. The summed E-state index contributed by atoms with van der Waals surface area (Å²) >= 11 is 0. The molecule has 1 heterocycles. The molecule has 0 radical (unpaired) electrons. The van der Waals surface area contributed by atoms with E-state index in [1.54, 1.807) is 6.92 Å². The minimum atomic E-state index is -3.26. The summed E-state index contributed by atoms with van der Waals surface area (Å²) < 4.78 is 46.3. The van der Waals surface area contributed by atoms with Crippen molar-refractivity contribution in [1.29, 1.82) is 0 Å². The normalized spacial score (nSPS) is 26.9. The molecule has 0 aromatic carbocycles. The van der Waals surface area contributed by atoms with E-state index in [2.05, 4.69) is 0 Å². The zero-order chi connectivity index (χ0) is 11.0. The van der Waals surface area contributed by atoms with E-state index in [4.69, 9.17) is 0 Å². The van der Waals surface area contributed by atoms with Crippen LogP contribution >= 0.6 is 0 Å². The molecule has 0 N–H and O–H groups in total. The van der Waals surface area contributed by atoms with Crippen LogP contribution in [0.1, 0.15) is 13.3 Å². The second-order valence-electron chi connectivity index (χ2n) is 3.47. The predicted octanol–water partition coefficient (Wildman–Crippen LogP) is -0.545.